The first-order valence-corrected chi connectivity index (χ1v) is 9.85. The van der Waals surface area contributed by atoms with E-state index in [1.54, 1.807) is 17.0 Å². The Balaban J connectivity index is 1.57. The lowest BCUT2D eigenvalue weighted by atomic mass is 10.1. The molecule has 1 fully saturated rings. The molecule has 30 heavy (non-hydrogen) atoms. The zero-order chi connectivity index (χ0) is 21.5. The summed E-state index contributed by atoms with van der Waals surface area (Å²) in [5, 5.41) is 0.828. The van der Waals surface area contributed by atoms with Gasteiger partial charge in [-0.3, -0.25) is 0 Å². The molecule has 4 rings (SSSR count). The highest BCUT2D eigenvalue weighted by Gasteiger charge is 2.27. The molecule has 158 valence electrons. The standard InChI is InChI=1S/C21H25FN6O2/c1-21(2,3)30-20(29)28-10-8-27(9-11-28)18-15-12-16(13-4-6-14(22)7-5-13)24-17(15)25-19(23)26-18/h4-7,12H,8-11H2,1-3H3,(H3,23,24,25,26). The predicted molar refractivity (Wildman–Crippen MR) is 114 cm³/mol. The largest absolute Gasteiger partial charge is 0.444 e. The molecule has 0 radical (unpaired) electrons. The number of nitrogen functional groups attached to an aromatic ring is 1. The zero-order valence-corrected chi connectivity index (χ0v) is 17.3. The second kappa shape index (κ2) is 7.47. The number of ether oxygens (including phenoxy) is 1. The van der Waals surface area contributed by atoms with E-state index in [1.807, 2.05) is 26.8 Å². The summed E-state index contributed by atoms with van der Waals surface area (Å²) in [6, 6.07) is 8.18. The van der Waals surface area contributed by atoms with E-state index >= 15 is 0 Å². The highest BCUT2D eigenvalue weighted by atomic mass is 19.1. The number of fused-ring (bicyclic) bond motifs is 1. The quantitative estimate of drug-likeness (QED) is 0.669. The monoisotopic (exact) mass is 412 g/mol. The van der Waals surface area contributed by atoms with Crippen LogP contribution in [0, 0.1) is 5.82 Å². The number of carbonyl (C=O) groups excluding carboxylic acids is 1. The van der Waals surface area contributed by atoms with Crippen molar-refractivity contribution in [1.29, 1.82) is 0 Å². The lowest BCUT2D eigenvalue weighted by molar-refractivity contribution is 0.0240. The molecule has 3 aromatic rings. The Hall–Kier alpha value is -3.36. The van der Waals surface area contributed by atoms with Gasteiger partial charge in [0.05, 0.1) is 5.39 Å². The van der Waals surface area contributed by atoms with Gasteiger partial charge >= 0.3 is 6.09 Å². The van der Waals surface area contributed by atoms with Crippen LogP contribution in [0.5, 0.6) is 0 Å². The van der Waals surface area contributed by atoms with Gasteiger partial charge in [-0.1, -0.05) is 0 Å². The highest BCUT2D eigenvalue weighted by molar-refractivity contribution is 5.93. The van der Waals surface area contributed by atoms with E-state index in [2.05, 4.69) is 19.9 Å². The molecule has 0 bridgehead atoms. The normalized spacial score (nSPS) is 14.9. The average Bonchev–Trinajstić information content (AvgIpc) is 3.10. The van der Waals surface area contributed by atoms with Crippen LogP contribution in [0.1, 0.15) is 20.8 Å². The van der Waals surface area contributed by atoms with Gasteiger partial charge in [-0.05, 0) is 56.7 Å². The van der Waals surface area contributed by atoms with Crippen LogP contribution >= 0.6 is 0 Å². The van der Waals surface area contributed by atoms with Crippen LogP contribution < -0.4 is 10.6 Å². The van der Waals surface area contributed by atoms with Crippen LogP contribution in [-0.2, 0) is 4.74 Å². The summed E-state index contributed by atoms with van der Waals surface area (Å²) in [7, 11) is 0. The first-order chi connectivity index (χ1) is 14.2. The van der Waals surface area contributed by atoms with Crippen LogP contribution in [0.2, 0.25) is 0 Å². The number of aromatic amines is 1. The van der Waals surface area contributed by atoms with E-state index in [-0.39, 0.29) is 17.9 Å². The molecule has 0 aliphatic carbocycles. The third-order valence-corrected chi connectivity index (χ3v) is 4.87. The summed E-state index contributed by atoms with van der Waals surface area (Å²) < 4.78 is 18.7. The molecule has 0 atom stereocenters. The molecule has 9 heteroatoms. The maximum atomic E-state index is 13.3. The molecule has 0 unspecified atom stereocenters. The topological polar surface area (TPSA) is 100 Å². The van der Waals surface area contributed by atoms with Crippen molar-refractivity contribution in [2.75, 3.05) is 36.8 Å². The number of amides is 1. The Labute approximate surface area is 173 Å². The fraction of sp³-hybridized carbons (Fsp3) is 0.381. The van der Waals surface area contributed by atoms with Crippen LogP contribution in [-0.4, -0.2) is 57.7 Å². The summed E-state index contributed by atoms with van der Waals surface area (Å²) in [5.74, 6) is 0.591. The lowest BCUT2D eigenvalue weighted by Crippen LogP contribution is -2.50. The second-order valence-corrected chi connectivity index (χ2v) is 8.31. The third-order valence-electron chi connectivity index (χ3n) is 4.87. The number of halogens is 1. The number of benzene rings is 1. The number of carbonyl (C=O) groups is 1. The van der Waals surface area contributed by atoms with Crippen molar-refractivity contribution in [2.45, 2.75) is 26.4 Å². The number of rotatable bonds is 2. The van der Waals surface area contributed by atoms with E-state index in [9.17, 15) is 9.18 Å². The molecule has 2 aromatic heterocycles. The molecule has 0 saturated carbocycles. The van der Waals surface area contributed by atoms with Crippen molar-refractivity contribution < 1.29 is 13.9 Å². The summed E-state index contributed by atoms with van der Waals surface area (Å²) >= 11 is 0. The molecule has 1 amide bonds. The molecule has 1 saturated heterocycles. The van der Waals surface area contributed by atoms with Crippen molar-refractivity contribution in [1.82, 2.24) is 19.9 Å². The van der Waals surface area contributed by atoms with Gasteiger partial charge in [0.1, 0.15) is 22.9 Å². The maximum Gasteiger partial charge on any atom is 0.410 e. The number of hydrogen-bond donors (Lipinski definition) is 2. The van der Waals surface area contributed by atoms with E-state index in [4.69, 9.17) is 10.5 Å². The van der Waals surface area contributed by atoms with Crippen LogP contribution in [0.4, 0.5) is 21.0 Å². The Kier molecular flexibility index (Phi) is 4.97. The minimum Gasteiger partial charge on any atom is -0.444 e. The van der Waals surface area contributed by atoms with Crippen molar-refractivity contribution in [3.05, 3.63) is 36.1 Å². The third kappa shape index (κ3) is 4.14. The minimum atomic E-state index is -0.524. The lowest BCUT2D eigenvalue weighted by Gasteiger charge is -2.36. The molecule has 1 aliphatic rings. The van der Waals surface area contributed by atoms with Crippen molar-refractivity contribution in [3.63, 3.8) is 0 Å². The molecule has 3 N–H and O–H groups in total. The number of nitrogens with one attached hydrogen (secondary N) is 1. The zero-order valence-electron chi connectivity index (χ0n) is 17.3. The molecular formula is C21H25FN6O2. The van der Waals surface area contributed by atoms with Gasteiger partial charge in [0.25, 0.3) is 0 Å². The summed E-state index contributed by atoms with van der Waals surface area (Å²) in [5.41, 5.74) is 7.68. The van der Waals surface area contributed by atoms with Gasteiger partial charge in [-0.25, -0.2) is 9.18 Å². The van der Waals surface area contributed by atoms with E-state index in [0.29, 0.717) is 37.6 Å². The number of piperazine rings is 1. The van der Waals surface area contributed by atoms with Crippen LogP contribution in [0.3, 0.4) is 0 Å². The van der Waals surface area contributed by atoms with Gasteiger partial charge in [-0.2, -0.15) is 9.97 Å². The summed E-state index contributed by atoms with van der Waals surface area (Å²) in [6.45, 7) is 7.80. The smallest absolute Gasteiger partial charge is 0.410 e. The van der Waals surface area contributed by atoms with E-state index in [1.165, 1.54) is 12.1 Å². The molecule has 1 aromatic carbocycles. The highest BCUT2D eigenvalue weighted by Crippen LogP contribution is 2.30. The Bertz CT molecular complexity index is 1070. The van der Waals surface area contributed by atoms with Gasteiger partial charge < -0.3 is 25.3 Å². The van der Waals surface area contributed by atoms with E-state index in [0.717, 1.165) is 16.6 Å². The fourth-order valence-corrected chi connectivity index (χ4v) is 3.46. The SMILES string of the molecule is CC(C)(C)OC(=O)N1CCN(c2nc(N)nc3[nH]c(-c4ccc(F)cc4)cc23)CC1. The number of H-pyrrole nitrogens is 1. The second-order valence-electron chi connectivity index (χ2n) is 8.31. The van der Waals surface area contributed by atoms with Crippen molar-refractivity contribution >= 4 is 28.9 Å². The molecular weight excluding hydrogens is 387 g/mol. The average molecular weight is 412 g/mol. The number of hydrogen-bond acceptors (Lipinski definition) is 6. The minimum absolute atomic E-state index is 0.166. The summed E-state index contributed by atoms with van der Waals surface area (Å²) in [6.07, 6.45) is -0.310. The molecule has 1 aliphatic heterocycles. The fourth-order valence-electron chi connectivity index (χ4n) is 3.46. The molecule has 3 heterocycles. The number of nitrogens with zero attached hydrogens (tertiary/aromatic N) is 4. The molecule has 0 spiro atoms. The Morgan fingerprint density at radius 2 is 1.80 bits per heavy atom. The number of aromatic nitrogens is 3. The van der Waals surface area contributed by atoms with E-state index < -0.39 is 5.60 Å². The predicted octanol–water partition coefficient (Wildman–Crippen LogP) is 3.40. The maximum absolute atomic E-state index is 13.3. The first-order valence-electron chi connectivity index (χ1n) is 9.85. The number of anilines is 2. The number of nitrogens with two attached hydrogens (primary N) is 1. The summed E-state index contributed by atoms with van der Waals surface area (Å²) in [4.78, 5) is 28.1. The Morgan fingerprint density at radius 3 is 2.43 bits per heavy atom. The van der Waals surface area contributed by atoms with Gasteiger partial charge in [-0.15, -0.1) is 0 Å². The van der Waals surface area contributed by atoms with Crippen LogP contribution in [0.15, 0.2) is 30.3 Å². The first kappa shape index (κ1) is 19.9. The van der Waals surface area contributed by atoms with Gasteiger partial charge in [0, 0.05) is 31.9 Å². The van der Waals surface area contributed by atoms with Gasteiger partial charge in [0.2, 0.25) is 5.95 Å². The Morgan fingerprint density at radius 1 is 1.13 bits per heavy atom. The molecule has 8 nitrogen and oxygen atoms in total. The van der Waals surface area contributed by atoms with Crippen molar-refractivity contribution in [3.8, 4) is 11.3 Å². The van der Waals surface area contributed by atoms with Crippen molar-refractivity contribution in [2.24, 2.45) is 0 Å². The van der Waals surface area contributed by atoms with Crippen LogP contribution in [0.25, 0.3) is 22.3 Å². The van der Waals surface area contributed by atoms with Gasteiger partial charge in [0.15, 0.2) is 0 Å².